The maximum atomic E-state index is 13.2. The molecule has 0 radical (unpaired) electrons. The van der Waals surface area contributed by atoms with Crippen LogP contribution in [0.5, 0.6) is 11.8 Å². The summed E-state index contributed by atoms with van der Waals surface area (Å²) in [5.74, 6) is 0.200. The summed E-state index contributed by atoms with van der Waals surface area (Å²) in [6.07, 6.45) is 1.55. The number of halogens is 1. The van der Waals surface area contributed by atoms with Crippen molar-refractivity contribution in [3.05, 3.63) is 36.3 Å². The van der Waals surface area contributed by atoms with E-state index in [2.05, 4.69) is 9.97 Å². The maximum absolute atomic E-state index is 13.2. The molecule has 1 heterocycles. The maximum Gasteiger partial charge on any atom is 0.316 e. The Labute approximate surface area is 98.1 Å². The Balaban J connectivity index is 2.54. The minimum atomic E-state index is -0.349. The van der Waals surface area contributed by atoms with Gasteiger partial charge in [0.2, 0.25) is 0 Å². The number of benzene rings is 1. The van der Waals surface area contributed by atoms with Crippen LogP contribution in [0.4, 0.5) is 4.39 Å². The van der Waals surface area contributed by atoms with Gasteiger partial charge in [-0.2, -0.15) is 4.98 Å². The van der Waals surface area contributed by atoms with Crippen molar-refractivity contribution in [2.75, 3.05) is 14.2 Å². The van der Waals surface area contributed by atoms with Crippen molar-refractivity contribution in [3.8, 4) is 23.0 Å². The Hall–Kier alpha value is -2.17. The zero-order valence-electron chi connectivity index (χ0n) is 9.48. The zero-order chi connectivity index (χ0) is 12.3. The lowest BCUT2D eigenvalue weighted by atomic mass is 10.1. The molecule has 0 aliphatic rings. The summed E-state index contributed by atoms with van der Waals surface area (Å²) in [6, 6.07) is 6.15. The molecule has 4 nitrogen and oxygen atoms in total. The van der Waals surface area contributed by atoms with Gasteiger partial charge >= 0.3 is 6.01 Å². The average molecular weight is 234 g/mol. The van der Waals surface area contributed by atoms with E-state index in [1.165, 1.54) is 26.4 Å². The molecule has 0 fully saturated rings. The molecule has 17 heavy (non-hydrogen) atoms. The number of ether oxygens (including phenoxy) is 2. The first kappa shape index (κ1) is 11.3. The van der Waals surface area contributed by atoms with Gasteiger partial charge in [0.25, 0.3) is 0 Å². The SMILES string of the molecule is COc1nccc(-c2cc(F)ccc2OC)n1. The summed E-state index contributed by atoms with van der Waals surface area (Å²) in [4.78, 5) is 8.02. The van der Waals surface area contributed by atoms with E-state index in [9.17, 15) is 4.39 Å². The molecule has 0 amide bonds. The second kappa shape index (κ2) is 4.78. The van der Waals surface area contributed by atoms with E-state index in [0.717, 1.165) is 0 Å². The van der Waals surface area contributed by atoms with E-state index in [4.69, 9.17) is 9.47 Å². The molecule has 0 aliphatic carbocycles. The lowest BCUT2D eigenvalue weighted by molar-refractivity contribution is 0.380. The Kier molecular flexibility index (Phi) is 3.18. The lowest BCUT2D eigenvalue weighted by Crippen LogP contribution is -1.95. The highest BCUT2D eigenvalue weighted by Gasteiger charge is 2.09. The number of nitrogens with zero attached hydrogens (tertiary/aromatic N) is 2. The van der Waals surface area contributed by atoms with Crippen LogP contribution < -0.4 is 9.47 Å². The summed E-state index contributed by atoms with van der Waals surface area (Å²) >= 11 is 0. The van der Waals surface area contributed by atoms with Crippen molar-refractivity contribution in [2.24, 2.45) is 0 Å². The van der Waals surface area contributed by atoms with Gasteiger partial charge in [-0.25, -0.2) is 9.37 Å². The van der Waals surface area contributed by atoms with Crippen molar-refractivity contribution >= 4 is 0 Å². The number of hydrogen-bond donors (Lipinski definition) is 0. The first-order chi connectivity index (χ1) is 8.24. The molecule has 2 aromatic rings. The monoisotopic (exact) mass is 234 g/mol. The molecule has 0 spiro atoms. The summed E-state index contributed by atoms with van der Waals surface area (Å²) < 4.78 is 23.3. The standard InChI is InChI=1S/C12H11FN2O2/c1-16-11-4-3-8(13)7-9(11)10-5-6-14-12(15-10)17-2/h3-7H,1-2H3. The Morgan fingerprint density at radius 1 is 1.12 bits per heavy atom. The van der Waals surface area contributed by atoms with Crippen molar-refractivity contribution in [1.29, 1.82) is 0 Å². The predicted molar refractivity (Wildman–Crippen MR) is 60.5 cm³/mol. The molecule has 1 aromatic carbocycles. The molecule has 0 bridgehead atoms. The molecule has 5 heteroatoms. The minimum Gasteiger partial charge on any atom is -0.496 e. The van der Waals surface area contributed by atoms with Crippen LogP contribution in [0.3, 0.4) is 0 Å². The third kappa shape index (κ3) is 2.33. The van der Waals surface area contributed by atoms with Crippen LogP contribution in [0.15, 0.2) is 30.5 Å². The van der Waals surface area contributed by atoms with Gasteiger partial charge in [-0.05, 0) is 24.3 Å². The number of rotatable bonds is 3. The summed E-state index contributed by atoms with van der Waals surface area (Å²) in [6.45, 7) is 0. The molecule has 0 saturated carbocycles. The molecule has 88 valence electrons. The molecule has 2 rings (SSSR count). The normalized spacial score (nSPS) is 10.1. The Bertz CT molecular complexity index is 532. The fraction of sp³-hybridized carbons (Fsp3) is 0.167. The van der Waals surface area contributed by atoms with Gasteiger partial charge in [0.1, 0.15) is 11.6 Å². The topological polar surface area (TPSA) is 44.2 Å². The van der Waals surface area contributed by atoms with E-state index in [1.54, 1.807) is 18.3 Å². The largest absolute Gasteiger partial charge is 0.496 e. The summed E-state index contributed by atoms with van der Waals surface area (Å²) in [7, 11) is 3.00. The number of aromatic nitrogens is 2. The highest BCUT2D eigenvalue weighted by atomic mass is 19.1. The lowest BCUT2D eigenvalue weighted by Gasteiger charge is -2.08. The molecular formula is C12H11FN2O2. The van der Waals surface area contributed by atoms with Crippen LogP contribution in [-0.4, -0.2) is 24.2 Å². The van der Waals surface area contributed by atoms with Gasteiger partial charge in [-0.15, -0.1) is 0 Å². The smallest absolute Gasteiger partial charge is 0.316 e. The number of methoxy groups -OCH3 is 2. The van der Waals surface area contributed by atoms with Gasteiger partial charge in [0.15, 0.2) is 0 Å². The molecule has 0 aliphatic heterocycles. The zero-order valence-corrected chi connectivity index (χ0v) is 9.48. The molecule has 0 N–H and O–H groups in total. The van der Waals surface area contributed by atoms with E-state index < -0.39 is 0 Å². The van der Waals surface area contributed by atoms with E-state index >= 15 is 0 Å². The van der Waals surface area contributed by atoms with Gasteiger partial charge in [-0.1, -0.05) is 0 Å². The van der Waals surface area contributed by atoms with Gasteiger partial charge < -0.3 is 9.47 Å². The highest BCUT2D eigenvalue weighted by Crippen LogP contribution is 2.29. The molecule has 0 atom stereocenters. The van der Waals surface area contributed by atoms with Crippen molar-refractivity contribution in [3.63, 3.8) is 0 Å². The second-order valence-electron chi connectivity index (χ2n) is 3.27. The molecular weight excluding hydrogens is 223 g/mol. The van der Waals surface area contributed by atoms with Crippen molar-refractivity contribution < 1.29 is 13.9 Å². The Morgan fingerprint density at radius 3 is 2.65 bits per heavy atom. The summed E-state index contributed by atoms with van der Waals surface area (Å²) in [5, 5.41) is 0. The molecule has 1 aromatic heterocycles. The second-order valence-corrected chi connectivity index (χ2v) is 3.27. The third-order valence-corrected chi connectivity index (χ3v) is 2.25. The van der Waals surface area contributed by atoms with E-state index in [1.807, 2.05) is 0 Å². The van der Waals surface area contributed by atoms with Gasteiger partial charge in [-0.3, -0.25) is 0 Å². The molecule has 0 saturated heterocycles. The average Bonchev–Trinajstić information content (AvgIpc) is 2.39. The van der Waals surface area contributed by atoms with Crippen LogP contribution in [0, 0.1) is 5.82 Å². The predicted octanol–water partition coefficient (Wildman–Crippen LogP) is 2.30. The Morgan fingerprint density at radius 2 is 1.94 bits per heavy atom. The highest BCUT2D eigenvalue weighted by molar-refractivity contribution is 5.67. The minimum absolute atomic E-state index is 0.230. The van der Waals surface area contributed by atoms with Gasteiger partial charge in [0.05, 0.1) is 19.9 Å². The van der Waals surface area contributed by atoms with Gasteiger partial charge in [0, 0.05) is 11.8 Å². The van der Waals surface area contributed by atoms with Crippen LogP contribution in [0.2, 0.25) is 0 Å². The van der Waals surface area contributed by atoms with E-state index in [-0.39, 0.29) is 11.8 Å². The molecule has 0 unspecified atom stereocenters. The van der Waals surface area contributed by atoms with Crippen LogP contribution in [-0.2, 0) is 0 Å². The van der Waals surface area contributed by atoms with Crippen molar-refractivity contribution in [1.82, 2.24) is 9.97 Å². The summed E-state index contributed by atoms with van der Waals surface area (Å²) in [5.41, 5.74) is 1.11. The van der Waals surface area contributed by atoms with Crippen LogP contribution >= 0.6 is 0 Å². The third-order valence-electron chi connectivity index (χ3n) is 2.25. The first-order valence-electron chi connectivity index (χ1n) is 4.95. The van der Waals surface area contributed by atoms with Crippen molar-refractivity contribution in [2.45, 2.75) is 0 Å². The quantitative estimate of drug-likeness (QED) is 0.817. The fourth-order valence-corrected chi connectivity index (χ4v) is 1.47. The fourth-order valence-electron chi connectivity index (χ4n) is 1.47. The first-order valence-corrected chi connectivity index (χ1v) is 4.95. The van der Waals surface area contributed by atoms with E-state index in [0.29, 0.717) is 17.0 Å². The van der Waals surface area contributed by atoms with Crippen LogP contribution in [0.25, 0.3) is 11.3 Å². The van der Waals surface area contributed by atoms with Crippen LogP contribution in [0.1, 0.15) is 0 Å². The number of hydrogen-bond acceptors (Lipinski definition) is 4.